The fraction of sp³-hybridized carbons (Fsp3) is 0.0909. The molecule has 1 heterocycles. The molecule has 2 rings (SSSR count). The molecule has 0 fully saturated rings. The average Bonchev–Trinajstić information content (AvgIpc) is 2.73. The van der Waals surface area contributed by atoms with Crippen molar-refractivity contribution in [2.75, 3.05) is 4.72 Å². The molecule has 2 aromatic rings. The molecule has 0 aliphatic heterocycles. The summed E-state index contributed by atoms with van der Waals surface area (Å²) in [6.07, 6.45) is 1.09. The van der Waals surface area contributed by atoms with Crippen LogP contribution in [0.2, 0.25) is 10.0 Å². The molecule has 21 heavy (non-hydrogen) atoms. The second-order valence-electron chi connectivity index (χ2n) is 3.91. The molecule has 0 aliphatic rings. The molecule has 1 aromatic heterocycles. The number of nitrogens with one attached hydrogen (secondary N) is 1. The Balaban J connectivity index is 2.24. The lowest BCUT2D eigenvalue weighted by Crippen LogP contribution is -2.12. The zero-order valence-electron chi connectivity index (χ0n) is 10.2. The van der Waals surface area contributed by atoms with E-state index in [-0.39, 0.29) is 26.5 Å². The third kappa shape index (κ3) is 4.31. The first-order valence-electron chi connectivity index (χ1n) is 5.42. The highest BCUT2D eigenvalue weighted by Gasteiger charge is 2.18. The first-order valence-corrected chi connectivity index (χ1v) is 8.47. The molecule has 112 valence electrons. The molecule has 0 unspecified atom stereocenters. The molecule has 2 N–H and O–H groups in total. The lowest BCUT2D eigenvalue weighted by atomic mass is 10.4. The van der Waals surface area contributed by atoms with E-state index in [4.69, 9.17) is 28.3 Å². The summed E-state index contributed by atoms with van der Waals surface area (Å²) in [7, 11) is -3.89. The van der Waals surface area contributed by atoms with Crippen molar-refractivity contribution in [1.82, 2.24) is 4.98 Å². The van der Waals surface area contributed by atoms with Crippen molar-refractivity contribution in [3.05, 3.63) is 39.3 Å². The van der Waals surface area contributed by atoms with E-state index < -0.39 is 16.0 Å². The summed E-state index contributed by atoms with van der Waals surface area (Å²) in [6.45, 7) is 0. The van der Waals surface area contributed by atoms with Gasteiger partial charge in [0.05, 0.1) is 11.3 Å². The highest BCUT2D eigenvalue weighted by atomic mass is 35.5. The lowest BCUT2D eigenvalue weighted by Gasteiger charge is -2.06. The Morgan fingerprint density at radius 1 is 1.29 bits per heavy atom. The second kappa shape index (κ2) is 6.18. The highest BCUT2D eigenvalue weighted by molar-refractivity contribution is 7.93. The topological polar surface area (TPSA) is 96.4 Å². The molecule has 0 bridgehead atoms. The summed E-state index contributed by atoms with van der Waals surface area (Å²) in [4.78, 5) is 14.7. The van der Waals surface area contributed by atoms with Crippen LogP contribution < -0.4 is 4.72 Å². The SMILES string of the molecule is O=C(O)Cc1cnc(NS(=O)(=O)c2cc(Cl)cc(Cl)c2)s1. The van der Waals surface area contributed by atoms with Crippen LogP contribution in [0.5, 0.6) is 0 Å². The van der Waals surface area contributed by atoms with E-state index in [0.29, 0.717) is 4.88 Å². The Hall–Kier alpha value is -1.35. The Morgan fingerprint density at radius 3 is 2.48 bits per heavy atom. The predicted octanol–water partition coefficient (Wildman–Crippen LogP) is 2.88. The van der Waals surface area contributed by atoms with Gasteiger partial charge in [0.25, 0.3) is 10.0 Å². The monoisotopic (exact) mass is 366 g/mol. The number of nitrogens with zero attached hydrogens (tertiary/aromatic N) is 1. The van der Waals surface area contributed by atoms with Gasteiger partial charge in [-0.25, -0.2) is 13.4 Å². The van der Waals surface area contributed by atoms with Crippen molar-refractivity contribution in [1.29, 1.82) is 0 Å². The number of hydrogen-bond acceptors (Lipinski definition) is 5. The number of carboxylic acids is 1. The predicted molar refractivity (Wildman–Crippen MR) is 80.7 cm³/mol. The minimum Gasteiger partial charge on any atom is -0.481 e. The summed E-state index contributed by atoms with van der Waals surface area (Å²) < 4.78 is 26.6. The molecular formula is C11H8Cl2N2O4S2. The van der Waals surface area contributed by atoms with Crippen LogP contribution >= 0.6 is 34.5 Å². The van der Waals surface area contributed by atoms with Gasteiger partial charge in [-0.15, -0.1) is 11.3 Å². The summed E-state index contributed by atoms with van der Waals surface area (Å²) >= 11 is 12.5. The van der Waals surface area contributed by atoms with Gasteiger partial charge >= 0.3 is 5.97 Å². The molecule has 10 heteroatoms. The lowest BCUT2D eigenvalue weighted by molar-refractivity contribution is -0.136. The minimum atomic E-state index is -3.89. The van der Waals surface area contributed by atoms with Gasteiger partial charge in [0.1, 0.15) is 0 Å². The Kier molecular flexibility index (Phi) is 4.72. The number of sulfonamides is 1. The Bertz CT molecular complexity index is 769. The number of halogens is 2. The number of carboxylic acid groups (broad SMARTS) is 1. The molecule has 0 saturated heterocycles. The van der Waals surface area contributed by atoms with Crippen molar-refractivity contribution in [2.45, 2.75) is 11.3 Å². The van der Waals surface area contributed by atoms with Crippen molar-refractivity contribution in [3.8, 4) is 0 Å². The van der Waals surface area contributed by atoms with Crippen molar-refractivity contribution in [3.63, 3.8) is 0 Å². The summed E-state index contributed by atoms with van der Waals surface area (Å²) in [5.41, 5.74) is 0. The van der Waals surface area contributed by atoms with Gasteiger partial charge < -0.3 is 5.11 Å². The maximum absolute atomic E-state index is 12.2. The number of aliphatic carboxylic acids is 1. The number of aromatic nitrogens is 1. The van der Waals surface area contributed by atoms with Gasteiger partial charge in [-0.2, -0.15) is 0 Å². The zero-order chi connectivity index (χ0) is 15.6. The van der Waals surface area contributed by atoms with Gasteiger partial charge in [-0.1, -0.05) is 23.2 Å². The van der Waals surface area contributed by atoms with E-state index in [9.17, 15) is 13.2 Å². The van der Waals surface area contributed by atoms with Crippen molar-refractivity contribution in [2.24, 2.45) is 0 Å². The zero-order valence-corrected chi connectivity index (χ0v) is 13.4. The summed E-state index contributed by atoms with van der Waals surface area (Å²) in [6, 6.07) is 3.92. The fourth-order valence-electron chi connectivity index (χ4n) is 1.44. The summed E-state index contributed by atoms with van der Waals surface area (Å²) in [5, 5.41) is 9.11. The molecule has 0 atom stereocenters. The van der Waals surface area contributed by atoms with Gasteiger partial charge in [0, 0.05) is 21.1 Å². The third-order valence-electron chi connectivity index (χ3n) is 2.25. The van der Waals surface area contributed by atoms with E-state index in [1.165, 1.54) is 24.4 Å². The third-order valence-corrected chi connectivity index (χ3v) is 5.04. The van der Waals surface area contributed by atoms with Crippen LogP contribution in [0.25, 0.3) is 0 Å². The van der Waals surface area contributed by atoms with Crippen LogP contribution in [0.1, 0.15) is 4.88 Å². The number of rotatable bonds is 5. The quantitative estimate of drug-likeness (QED) is 0.847. The minimum absolute atomic E-state index is 0.0716. The van der Waals surface area contributed by atoms with Gasteiger partial charge in [0.15, 0.2) is 5.13 Å². The van der Waals surface area contributed by atoms with E-state index in [1.54, 1.807) is 0 Å². The Labute approximate surface area is 134 Å². The fourth-order valence-corrected chi connectivity index (χ4v) is 4.21. The van der Waals surface area contributed by atoms with Crippen LogP contribution in [0.15, 0.2) is 29.3 Å². The van der Waals surface area contributed by atoms with Crippen LogP contribution in [0.3, 0.4) is 0 Å². The van der Waals surface area contributed by atoms with Crippen LogP contribution in [0.4, 0.5) is 5.13 Å². The van der Waals surface area contributed by atoms with Crippen molar-refractivity contribution >= 4 is 55.7 Å². The maximum Gasteiger partial charge on any atom is 0.308 e. The first-order chi connectivity index (χ1) is 9.76. The van der Waals surface area contributed by atoms with Gasteiger partial charge in [0.2, 0.25) is 0 Å². The van der Waals surface area contributed by atoms with Crippen LogP contribution in [-0.4, -0.2) is 24.5 Å². The summed E-state index contributed by atoms with van der Waals surface area (Å²) in [5.74, 6) is -1.02. The Morgan fingerprint density at radius 2 is 1.90 bits per heavy atom. The normalized spacial score (nSPS) is 11.3. The highest BCUT2D eigenvalue weighted by Crippen LogP contribution is 2.26. The van der Waals surface area contributed by atoms with E-state index in [2.05, 4.69) is 9.71 Å². The number of benzene rings is 1. The molecule has 0 aliphatic carbocycles. The maximum atomic E-state index is 12.2. The van der Waals surface area contributed by atoms with E-state index in [0.717, 1.165) is 11.3 Å². The number of thiazole rings is 1. The molecule has 1 aromatic carbocycles. The largest absolute Gasteiger partial charge is 0.481 e. The first kappa shape index (κ1) is 16.0. The van der Waals surface area contributed by atoms with E-state index >= 15 is 0 Å². The van der Waals surface area contributed by atoms with Crippen LogP contribution in [-0.2, 0) is 21.2 Å². The second-order valence-corrected chi connectivity index (χ2v) is 7.58. The van der Waals surface area contributed by atoms with Crippen molar-refractivity contribution < 1.29 is 18.3 Å². The molecular weight excluding hydrogens is 359 g/mol. The number of carbonyl (C=O) groups is 1. The molecule has 0 radical (unpaired) electrons. The van der Waals surface area contributed by atoms with Gasteiger partial charge in [-0.3, -0.25) is 9.52 Å². The van der Waals surface area contributed by atoms with E-state index in [1.807, 2.05) is 0 Å². The molecule has 0 amide bonds. The number of hydrogen-bond donors (Lipinski definition) is 2. The standard InChI is InChI=1S/C11H8Cl2N2O4S2/c12-6-1-7(13)3-9(2-6)21(18,19)15-11-14-5-8(20-11)4-10(16)17/h1-3,5H,4H2,(H,14,15)(H,16,17). The van der Waals surface area contributed by atoms with Gasteiger partial charge in [-0.05, 0) is 18.2 Å². The van der Waals surface area contributed by atoms with Crippen LogP contribution in [0, 0.1) is 0 Å². The smallest absolute Gasteiger partial charge is 0.308 e. The molecule has 0 saturated carbocycles. The number of anilines is 1. The molecule has 0 spiro atoms. The molecule has 6 nitrogen and oxygen atoms in total. The average molecular weight is 367 g/mol.